The molecule has 0 bridgehead atoms. The number of hydrogen-bond acceptors (Lipinski definition) is 4. The van der Waals surface area contributed by atoms with E-state index >= 15 is 0 Å². The summed E-state index contributed by atoms with van der Waals surface area (Å²) in [6.45, 7) is 0. The number of carbonyl (C=O) groups is 2. The number of carbonyl (C=O) groups excluding carboxylic acids is 2. The van der Waals surface area contributed by atoms with E-state index in [-0.39, 0.29) is 16.4 Å². The summed E-state index contributed by atoms with van der Waals surface area (Å²) in [5, 5.41) is -0.771. The molecule has 2 saturated carbocycles. The van der Waals surface area contributed by atoms with Gasteiger partial charge in [0.15, 0.2) is 0 Å². The Balaban J connectivity index is 1.70. The maximum atomic E-state index is 13.0. The zero-order valence-electron chi connectivity index (χ0n) is 23.3. The predicted octanol–water partition coefficient (Wildman–Crippen LogP) is 12.6. The normalized spacial score (nSPS) is 24.0. The fourth-order valence-corrected chi connectivity index (χ4v) is 11.0. The van der Waals surface area contributed by atoms with Crippen LogP contribution in [0.15, 0.2) is 0 Å². The van der Waals surface area contributed by atoms with Crippen LogP contribution in [-0.4, -0.2) is 16.4 Å². The van der Waals surface area contributed by atoms with Crippen LogP contribution < -0.4 is 0 Å². The van der Waals surface area contributed by atoms with Crippen LogP contribution in [0.3, 0.4) is 0 Å². The third-order valence-electron chi connectivity index (χ3n) is 9.12. The maximum absolute atomic E-state index is 13.0. The second-order valence-electron chi connectivity index (χ2n) is 12.0. The van der Waals surface area contributed by atoms with Crippen LogP contribution >= 0.6 is 57.5 Å². The molecule has 2 heterocycles. The Morgan fingerprint density at radius 1 is 0.538 bits per heavy atom. The average molecular weight is 632 g/mol. The van der Waals surface area contributed by atoms with Gasteiger partial charge in [0, 0.05) is 15.6 Å². The summed E-state index contributed by atoms with van der Waals surface area (Å²) in [6.07, 6.45) is 24.2. The Bertz CT molecular complexity index is 1070. The van der Waals surface area contributed by atoms with Gasteiger partial charge >= 0.3 is 0 Å². The molecule has 2 aromatic rings. The molecule has 2 nitrogen and oxygen atoms in total. The van der Waals surface area contributed by atoms with Gasteiger partial charge in [-0.25, -0.2) is 0 Å². The van der Waals surface area contributed by atoms with Crippen molar-refractivity contribution >= 4 is 77.4 Å². The lowest BCUT2D eigenvalue weighted by molar-refractivity contribution is 0.107. The zero-order chi connectivity index (χ0) is 27.6. The van der Waals surface area contributed by atoms with Crippen LogP contribution in [0.1, 0.15) is 171 Å². The third-order valence-corrected chi connectivity index (χ3v) is 12.8. The van der Waals surface area contributed by atoms with E-state index in [1.54, 1.807) is 22.7 Å². The van der Waals surface area contributed by atoms with E-state index in [2.05, 4.69) is 0 Å². The first-order valence-corrected chi connectivity index (χ1v) is 18.5. The monoisotopic (exact) mass is 630 g/mol. The first kappa shape index (κ1) is 31.8. The highest BCUT2D eigenvalue weighted by Crippen LogP contribution is 2.50. The lowest BCUT2D eigenvalue weighted by Gasteiger charge is -2.21. The molecule has 0 amide bonds. The van der Waals surface area contributed by atoms with Gasteiger partial charge in [-0.3, -0.25) is 9.59 Å². The van der Waals surface area contributed by atoms with Crippen molar-refractivity contribution in [2.24, 2.45) is 5.92 Å². The van der Waals surface area contributed by atoms with Crippen LogP contribution in [0.2, 0.25) is 0 Å². The Labute approximate surface area is 258 Å². The average Bonchev–Trinajstić information content (AvgIpc) is 3.47. The smallest absolute Gasteiger partial charge is 0.254 e. The van der Waals surface area contributed by atoms with Gasteiger partial charge < -0.3 is 0 Å². The molecule has 0 radical (unpaired) electrons. The number of alkyl halides is 1. The number of hydrogen-bond donors (Lipinski definition) is 0. The van der Waals surface area contributed by atoms with Gasteiger partial charge in [-0.05, 0) is 79.5 Å². The molecule has 2 aliphatic carbocycles. The Morgan fingerprint density at radius 2 is 0.897 bits per heavy atom. The second kappa shape index (κ2) is 16.5. The second-order valence-corrected chi connectivity index (χ2v) is 15.1. The highest BCUT2D eigenvalue weighted by atomic mass is 35.5. The van der Waals surface area contributed by atoms with E-state index in [1.165, 1.54) is 89.9 Å². The van der Waals surface area contributed by atoms with E-state index in [0.29, 0.717) is 28.8 Å². The Morgan fingerprint density at radius 3 is 1.28 bits per heavy atom. The van der Waals surface area contributed by atoms with Crippen LogP contribution in [0.4, 0.5) is 0 Å². The summed E-state index contributed by atoms with van der Waals surface area (Å²) in [5.41, 5.74) is 1.32. The van der Waals surface area contributed by atoms with Crippen LogP contribution in [0.5, 0.6) is 0 Å². The van der Waals surface area contributed by atoms with Crippen molar-refractivity contribution in [1.82, 2.24) is 0 Å². The maximum Gasteiger partial charge on any atom is 0.254 e. The molecule has 7 heteroatoms. The molecule has 0 aromatic carbocycles. The minimum Gasteiger partial charge on any atom is -0.276 e. The minimum absolute atomic E-state index is 0.272. The van der Waals surface area contributed by atoms with Crippen LogP contribution in [0.25, 0.3) is 9.40 Å². The number of thiophene rings is 2. The van der Waals surface area contributed by atoms with Crippen molar-refractivity contribution in [1.29, 1.82) is 0 Å². The summed E-state index contributed by atoms with van der Waals surface area (Å²) in [6, 6.07) is 0. The Hall–Kier alpha value is -0.130. The third kappa shape index (κ3) is 8.69. The molecule has 0 N–H and O–H groups in total. The van der Waals surface area contributed by atoms with Crippen LogP contribution in [0, 0.1) is 5.92 Å². The van der Waals surface area contributed by atoms with Gasteiger partial charge in [0.2, 0.25) is 0 Å². The van der Waals surface area contributed by atoms with Gasteiger partial charge in [-0.1, -0.05) is 89.9 Å². The zero-order valence-corrected chi connectivity index (χ0v) is 27.2. The van der Waals surface area contributed by atoms with Gasteiger partial charge in [0.25, 0.3) is 10.5 Å². The number of fused-ring (bicyclic) bond motifs is 1. The molecule has 39 heavy (non-hydrogen) atoms. The highest BCUT2D eigenvalue weighted by Gasteiger charge is 2.32. The van der Waals surface area contributed by atoms with Crippen molar-refractivity contribution in [3.63, 3.8) is 0 Å². The first-order valence-electron chi connectivity index (χ1n) is 15.6. The molecular weight excluding hydrogens is 587 g/mol. The lowest BCUT2D eigenvalue weighted by Crippen LogP contribution is -2.08. The van der Waals surface area contributed by atoms with E-state index in [4.69, 9.17) is 34.8 Å². The first-order chi connectivity index (χ1) is 19.0. The molecule has 4 rings (SSSR count). The molecule has 218 valence electrons. The molecule has 2 atom stereocenters. The summed E-state index contributed by atoms with van der Waals surface area (Å²) in [5.74, 6) is 1.82. The van der Waals surface area contributed by atoms with E-state index in [0.717, 1.165) is 57.7 Å². The molecule has 0 saturated heterocycles. The van der Waals surface area contributed by atoms with Crippen molar-refractivity contribution < 1.29 is 9.59 Å². The molecule has 2 fully saturated rings. The predicted molar refractivity (Wildman–Crippen MR) is 172 cm³/mol. The molecular formula is C32H45Cl3O2S2. The number of halogens is 3. The molecule has 2 aliphatic rings. The van der Waals surface area contributed by atoms with Gasteiger partial charge in [0.05, 0.1) is 20.5 Å². The number of rotatable bonds is 5. The van der Waals surface area contributed by atoms with Crippen molar-refractivity contribution in [2.75, 3.05) is 5.88 Å². The van der Waals surface area contributed by atoms with Crippen molar-refractivity contribution in [3.05, 3.63) is 20.9 Å². The summed E-state index contributed by atoms with van der Waals surface area (Å²) in [4.78, 5) is 28.1. The van der Waals surface area contributed by atoms with Crippen LogP contribution in [-0.2, 0) is 0 Å². The molecule has 0 aliphatic heterocycles. The van der Waals surface area contributed by atoms with E-state index < -0.39 is 0 Å². The van der Waals surface area contributed by atoms with E-state index in [1.807, 2.05) is 0 Å². The van der Waals surface area contributed by atoms with Gasteiger partial charge in [0.1, 0.15) is 0 Å². The lowest BCUT2D eigenvalue weighted by atomic mass is 9.88. The van der Waals surface area contributed by atoms with Crippen molar-refractivity contribution in [3.8, 4) is 0 Å². The van der Waals surface area contributed by atoms with Crippen molar-refractivity contribution in [2.45, 2.75) is 140 Å². The highest BCUT2D eigenvalue weighted by molar-refractivity contribution is 7.29. The summed E-state index contributed by atoms with van der Waals surface area (Å²) in [7, 11) is 0. The van der Waals surface area contributed by atoms with Gasteiger partial charge in [-0.15, -0.1) is 34.3 Å². The molecule has 0 spiro atoms. The summed E-state index contributed by atoms with van der Waals surface area (Å²) < 4.78 is 1.81. The SMILES string of the molecule is O=C(Cl)c1c(C2CCCCCCCCC2)sc2c(C(=O)Cl)c(C3CCCCCCCCCC(CCl)CC3)sc12. The largest absolute Gasteiger partial charge is 0.276 e. The standard InChI is InChI=1S/C32H45Cl3O2S2/c33-21-22-15-11-7-3-1-4-10-14-18-24(20-19-22)28-26(32(35)37)30-29(39-28)25(31(34)36)27(38-30)23-16-12-8-5-2-6-9-13-17-23/h22-24H,1-21H2. The van der Waals surface area contributed by atoms with Gasteiger partial charge in [-0.2, -0.15) is 0 Å². The fraction of sp³-hybridized carbons (Fsp3) is 0.750. The molecule has 2 unspecified atom stereocenters. The van der Waals surface area contributed by atoms with E-state index in [9.17, 15) is 9.59 Å². The fourth-order valence-electron chi connectivity index (χ4n) is 6.84. The topological polar surface area (TPSA) is 34.1 Å². The summed E-state index contributed by atoms with van der Waals surface area (Å²) >= 11 is 22.3. The quantitative estimate of drug-likeness (QED) is 0.243. The molecule has 2 aromatic heterocycles. The minimum atomic E-state index is -0.389. The Kier molecular flexibility index (Phi) is 13.4.